The highest BCUT2D eigenvalue weighted by Gasteiger charge is 2.22. The van der Waals surface area contributed by atoms with Gasteiger partial charge in [-0.25, -0.2) is 0 Å². The fraction of sp³-hybridized carbons (Fsp3) is 0.158. The lowest BCUT2D eigenvalue weighted by atomic mass is 10.1. The number of halogens is 2. The first-order chi connectivity index (χ1) is 13.8. The molecule has 0 aliphatic rings. The first-order valence-corrected chi connectivity index (χ1v) is 9.07. The fourth-order valence-corrected chi connectivity index (χ4v) is 2.75. The van der Waals surface area contributed by atoms with Gasteiger partial charge in [0.2, 0.25) is 12.0 Å². The Balaban J connectivity index is 1.81. The Morgan fingerprint density at radius 3 is 2.28 bits per heavy atom. The van der Waals surface area contributed by atoms with Crippen LogP contribution in [-0.2, 0) is 19.1 Å². The summed E-state index contributed by atoms with van der Waals surface area (Å²) in [6.07, 6.45) is -1.27. The Kier molecular flexibility index (Phi) is 7.99. The zero-order valence-electron chi connectivity index (χ0n) is 15.0. The van der Waals surface area contributed by atoms with Gasteiger partial charge in [-0.1, -0.05) is 53.5 Å². The van der Waals surface area contributed by atoms with Crippen LogP contribution in [-0.4, -0.2) is 36.8 Å². The zero-order valence-corrected chi connectivity index (χ0v) is 16.5. The van der Waals surface area contributed by atoms with Gasteiger partial charge < -0.3 is 21.1 Å². The number of rotatable bonds is 8. The van der Waals surface area contributed by atoms with Crippen LogP contribution in [0.4, 0.5) is 0 Å². The number of carbonyl (C=O) groups is 4. The number of ether oxygens (including phenoxy) is 1. The number of hydrogen-bond donors (Lipinski definition) is 3. The SMILES string of the molecule is NC(=O)C(OC(=O)CNC(=O)CNC(=O)c1ccc(Cl)cc1Cl)c1ccccc1. The van der Waals surface area contributed by atoms with Crippen molar-refractivity contribution in [3.05, 3.63) is 69.7 Å². The Bertz CT molecular complexity index is 921. The summed E-state index contributed by atoms with van der Waals surface area (Å²) >= 11 is 11.7. The first kappa shape index (κ1) is 22.2. The van der Waals surface area contributed by atoms with Crippen LogP contribution >= 0.6 is 23.2 Å². The second-order valence-corrected chi connectivity index (χ2v) is 6.61. The molecule has 1 atom stereocenters. The lowest BCUT2D eigenvalue weighted by molar-refractivity contribution is -0.155. The molecule has 0 bridgehead atoms. The monoisotopic (exact) mass is 437 g/mol. The van der Waals surface area contributed by atoms with Gasteiger partial charge in [-0.3, -0.25) is 19.2 Å². The van der Waals surface area contributed by atoms with Crippen LogP contribution in [0.15, 0.2) is 48.5 Å². The van der Waals surface area contributed by atoms with E-state index < -0.39 is 42.9 Å². The molecule has 10 heteroatoms. The highest BCUT2D eigenvalue weighted by atomic mass is 35.5. The number of nitrogens with one attached hydrogen (secondary N) is 2. The zero-order chi connectivity index (χ0) is 21.4. The summed E-state index contributed by atoms with van der Waals surface area (Å²) in [7, 11) is 0. The van der Waals surface area contributed by atoms with Gasteiger partial charge in [-0.15, -0.1) is 0 Å². The second kappa shape index (κ2) is 10.4. The predicted molar refractivity (Wildman–Crippen MR) is 106 cm³/mol. The summed E-state index contributed by atoms with van der Waals surface area (Å²) < 4.78 is 5.02. The van der Waals surface area contributed by atoms with E-state index in [1.807, 2.05) is 0 Å². The summed E-state index contributed by atoms with van der Waals surface area (Å²) in [4.78, 5) is 47.3. The van der Waals surface area contributed by atoms with Crippen LogP contribution in [0.3, 0.4) is 0 Å². The van der Waals surface area contributed by atoms with Crippen LogP contribution < -0.4 is 16.4 Å². The summed E-state index contributed by atoms with van der Waals surface area (Å²) in [5, 5.41) is 5.14. The molecule has 0 saturated heterocycles. The van der Waals surface area contributed by atoms with Gasteiger partial charge in [-0.05, 0) is 18.2 Å². The molecule has 2 rings (SSSR count). The van der Waals surface area contributed by atoms with E-state index in [-0.39, 0.29) is 10.6 Å². The molecule has 2 aromatic carbocycles. The van der Waals surface area contributed by atoms with Crippen molar-refractivity contribution in [3.63, 3.8) is 0 Å². The third-order valence-corrected chi connectivity index (χ3v) is 4.17. The van der Waals surface area contributed by atoms with Crippen LogP contribution in [0.1, 0.15) is 22.0 Å². The quantitative estimate of drug-likeness (QED) is 0.540. The minimum absolute atomic E-state index is 0.136. The van der Waals surface area contributed by atoms with Crippen LogP contribution in [0, 0.1) is 0 Å². The highest BCUT2D eigenvalue weighted by Crippen LogP contribution is 2.20. The molecule has 0 radical (unpaired) electrons. The highest BCUT2D eigenvalue weighted by molar-refractivity contribution is 6.36. The van der Waals surface area contributed by atoms with E-state index in [0.29, 0.717) is 10.6 Å². The van der Waals surface area contributed by atoms with Gasteiger partial charge in [0.1, 0.15) is 6.54 Å². The average Bonchev–Trinajstić information content (AvgIpc) is 2.69. The van der Waals surface area contributed by atoms with Crippen molar-refractivity contribution in [3.8, 4) is 0 Å². The van der Waals surface area contributed by atoms with Gasteiger partial charge >= 0.3 is 5.97 Å². The normalized spacial score (nSPS) is 11.2. The van der Waals surface area contributed by atoms with Gasteiger partial charge in [-0.2, -0.15) is 0 Å². The van der Waals surface area contributed by atoms with Crippen molar-refractivity contribution < 1.29 is 23.9 Å². The van der Waals surface area contributed by atoms with Gasteiger partial charge in [0.15, 0.2) is 0 Å². The van der Waals surface area contributed by atoms with Crippen LogP contribution in [0.25, 0.3) is 0 Å². The van der Waals surface area contributed by atoms with Crippen LogP contribution in [0.5, 0.6) is 0 Å². The lowest BCUT2D eigenvalue weighted by Gasteiger charge is -2.15. The number of benzene rings is 2. The largest absolute Gasteiger partial charge is 0.446 e. The summed E-state index contributed by atoms with van der Waals surface area (Å²) in [5.74, 6) is -2.93. The number of hydrogen-bond acceptors (Lipinski definition) is 5. The van der Waals surface area contributed by atoms with Crippen molar-refractivity contribution in [2.75, 3.05) is 13.1 Å². The van der Waals surface area contributed by atoms with Gasteiger partial charge in [0.25, 0.3) is 11.8 Å². The Morgan fingerprint density at radius 2 is 1.66 bits per heavy atom. The van der Waals surface area contributed by atoms with Crippen molar-refractivity contribution in [1.29, 1.82) is 0 Å². The number of esters is 1. The number of primary amides is 1. The Hall–Kier alpha value is -3.10. The minimum Gasteiger partial charge on any atom is -0.446 e. The molecule has 0 aliphatic carbocycles. The number of carbonyl (C=O) groups excluding carboxylic acids is 4. The standard InChI is InChI=1S/C19H17Cl2N3O5/c20-12-6-7-13(14(21)8-12)19(28)24-9-15(25)23-10-16(26)29-17(18(22)27)11-4-2-1-3-5-11/h1-8,17H,9-10H2,(H2,22,27)(H,23,25)(H,24,28). The Labute approximate surface area is 176 Å². The average molecular weight is 438 g/mol. The maximum atomic E-state index is 12.0. The molecule has 0 saturated carbocycles. The molecule has 0 heterocycles. The van der Waals surface area contributed by atoms with Gasteiger partial charge in [0, 0.05) is 10.6 Å². The van der Waals surface area contributed by atoms with Crippen molar-refractivity contribution in [2.45, 2.75) is 6.10 Å². The molecule has 8 nitrogen and oxygen atoms in total. The van der Waals surface area contributed by atoms with E-state index in [2.05, 4.69) is 10.6 Å². The number of nitrogens with two attached hydrogens (primary N) is 1. The molecule has 4 N–H and O–H groups in total. The van der Waals surface area contributed by atoms with Crippen molar-refractivity contribution in [1.82, 2.24) is 10.6 Å². The van der Waals surface area contributed by atoms with E-state index in [4.69, 9.17) is 33.7 Å². The van der Waals surface area contributed by atoms with Crippen molar-refractivity contribution >= 4 is 46.9 Å². The Morgan fingerprint density at radius 1 is 0.966 bits per heavy atom. The van der Waals surface area contributed by atoms with Crippen molar-refractivity contribution in [2.24, 2.45) is 5.73 Å². The molecule has 29 heavy (non-hydrogen) atoms. The maximum absolute atomic E-state index is 12.0. The topological polar surface area (TPSA) is 128 Å². The summed E-state index contributed by atoms with van der Waals surface area (Å²) in [6.45, 7) is -0.907. The molecular weight excluding hydrogens is 421 g/mol. The lowest BCUT2D eigenvalue weighted by Crippen LogP contribution is -2.40. The predicted octanol–water partition coefficient (Wildman–Crippen LogP) is 1.61. The summed E-state index contributed by atoms with van der Waals surface area (Å²) in [5.41, 5.74) is 5.82. The molecule has 2 aromatic rings. The smallest absolute Gasteiger partial charge is 0.326 e. The molecule has 0 aliphatic heterocycles. The van der Waals surface area contributed by atoms with Crippen LogP contribution in [0.2, 0.25) is 10.0 Å². The van der Waals surface area contributed by atoms with Gasteiger partial charge in [0.05, 0.1) is 17.1 Å². The third-order valence-electron chi connectivity index (χ3n) is 3.63. The molecule has 0 spiro atoms. The molecular formula is C19H17Cl2N3O5. The minimum atomic E-state index is -1.27. The van der Waals surface area contributed by atoms with E-state index in [1.54, 1.807) is 30.3 Å². The summed E-state index contributed by atoms with van der Waals surface area (Å²) in [6, 6.07) is 12.5. The molecule has 1 unspecified atom stereocenters. The molecule has 152 valence electrons. The third kappa shape index (κ3) is 6.78. The van der Waals surface area contributed by atoms with E-state index in [0.717, 1.165) is 0 Å². The van der Waals surface area contributed by atoms with E-state index in [1.165, 1.54) is 18.2 Å². The molecule has 3 amide bonds. The molecule has 0 aromatic heterocycles. The fourth-order valence-electron chi connectivity index (χ4n) is 2.25. The number of amides is 3. The second-order valence-electron chi connectivity index (χ2n) is 5.77. The van der Waals surface area contributed by atoms with E-state index >= 15 is 0 Å². The van der Waals surface area contributed by atoms with E-state index in [9.17, 15) is 19.2 Å². The first-order valence-electron chi connectivity index (χ1n) is 8.31. The molecule has 0 fully saturated rings. The maximum Gasteiger partial charge on any atom is 0.326 e.